The Morgan fingerprint density at radius 2 is 1.85 bits per heavy atom. The van der Waals surface area contributed by atoms with Crippen molar-refractivity contribution in [2.75, 3.05) is 0 Å². The first-order valence-corrected chi connectivity index (χ1v) is 9.51. The van der Waals surface area contributed by atoms with E-state index in [1.807, 2.05) is 0 Å². The molecule has 1 aliphatic carbocycles. The summed E-state index contributed by atoms with van der Waals surface area (Å²) in [4.78, 5) is 12.4. The Bertz CT molecular complexity index is 696. The van der Waals surface area contributed by atoms with Gasteiger partial charge in [-0.25, -0.2) is 4.68 Å². The Morgan fingerprint density at radius 3 is 2.58 bits per heavy atom. The van der Waals surface area contributed by atoms with Crippen molar-refractivity contribution in [1.82, 2.24) is 25.5 Å². The van der Waals surface area contributed by atoms with E-state index in [2.05, 4.69) is 20.8 Å². The second kappa shape index (κ2) is 9.52. The maximum Gasteiger partial charge on any atom is 0.242 e. The predicted octanol–water partition coefficient (Wildman–Crippen LogP) is 3.13. The van der Waals surface area contributed by atoms with Gasteiger partial charge in [0, 0.05) is 11.1 Å². The maximum absolute atomic E-state index is 12.4. The van der Waals surface area contributed by atoms with E-state index >= 15 is 0 Å². The first-order chi connectivity index (χ1) is 12.7. The standard InChI is InChI=1S/C18H24ClN5O2/c19-14-8-10-16(11-9-14)26-13-17-21-22-23-24(17)12-18(25)20-15-6-4-2-1-3-5-7-15/h8-11,15H,1-7,12-13H2,(H,20,25). The van der Waals surface area contributed by atoms with Crippen molar-refractivity contribution < 1.29 is 9.53 Å². The van der Waals surface area contributed by atoms with Crippen LogP contribution in [-0.2, 0) is 17.9 Å². The summed E-state index contributed by atoms with van der Waals surface area (Å²) in [5, 5.41) is 15.3. The van der Waals surface area contributed by atoms with Crippen molar-refractivity contribution in [1.29, 1.82) is 0 Å². The molecule has 0 saturated heterocycles. The van der Waals surface area contributed by atoms with Gasteiger partial charge in [-0.3, -0.25) is 4.79 Å². The Morgan fingerprint density at radius 1 is 1.15 bits per heavy atom. The van der Waals surface area contributed by atoms with Gasteiger partial charge in [0.1, 0.15) is 18.9 Å². The van der Waals surface area contributed by atoms with Gasteiger partial charge < -0.3 is 10.1 Å². The molecule has 0 unspecified atom stereocenters. The van der Waals surface area contributed by atoms with E-state index < -0.39 is 0 Å². The fourth-order valence-electron chi connectivity index (χ4n) is 3.14. The van der Waals surface area contributed by atoms with Crippen molar-refractivity contribution >= 4 is 17.5 Å². The quantitative estimate of drug-likeness (QED) is 0.836. The molecule has 1 aromatic carbocycles. The van der Waals surface area contributed by atoms with E-state index in [0.717, 1.165) is 12.8 Å². The first-order valence-electron chi connectivity index (χ1n) is 9.13. The van der Waals surface area contributed by atoms with Crippen molar-refractivity contribution in [2.24, 2.45) is 0 Å². The second-order valence-electron chi connectivity index (χ2n) is 6.60. The van der Waals surface area contributed by atoms with E-state index in [9.17, 15) is 4.79 Å². The van der Waals surface area contributed by atoms with Crippen LogP contribution in [0.4, 0.5) is 0 Å². The molecule has 26 heavy (non-hydrogen) atoms. The zero-order valence-electron chi connectivity index (χ0n) is 14.7. The van der Waals surface area contributed by atoms with Gasteiger partial charge in [0.05, 0.1) is 0 Å². The molecule has 1 amide bonds. The summed E-state index contributed by atoms with van der Waals surface area (Å²) in [6.07, 6.45) is 8.27. The number of rotatable bonds is 6. The number of tetrazole rings is 1. The molecule has 0 radical (unpaired) electrons. The van der Waals surface area contributed by atoms with Crippen LogP contribution in [0.25, 0.3) is 0 Å². The Balaban J connectivity index is 1.50. The summed E-state index contributed by atoms with van der Waals surface area (Å²) in [6, 6.07) is 7.31. The van der Waals surface area contributed by atoms with Crippen LogP contribution in [0, 0.1) is 0 Å². The highest BCUT2D eigenvalue weighted by Crippen LogP contribution is 2.18. The normalized spacial score (nSPS) is 15.9. The van der Waals surface area contributed by atoms with Crippen LogP contribution < -0.4 is 10.1 Å². The topological polar surface area (TPSA) is 81.9 Å². The molecule has 8 heteroatoms. The fraction of sp³-hybridized carbons (Fsp3) is 0.556. The summed E-state index contributed by atoms with van der Waals surface area (Å²) < 4.78 is 7.13. The van der Waals surface area contributed by atoms with Gasteiger partial charge in [-0.15, -0.1) is 5.10 Å². The number of hydrogen-bond donors (Lipinski definition) is 1. The number of carbonyl (C=O) groups is 1. The van der Waals surface area contributed by atoms with Gasteiger partial charge in [0.15, 0.2) is 5.82 Å². The molecule has 1 heterocycles. The summed E-state index contributed by atoms with van der Waals surface area (Å²) >= 11 is 5.86. The Hall–Kier alpha value is -2.15. The number of amides is 1. The SMILES string of the molecule is O=C(Cn1nnnc1COc1ccc(Cl)cc1)NC1CCCCCCC1. The van der Waals surface area contributed by atoms with Crippen LogP contribution in [0.15, 0.2) is 24.3 Å². The van der Waals surface area contributed by atoms with E-state index in [-0.39, 0.29) is 25.1 Å². The van der Waals surface area contributed by atoms with Crippen LogP contribution in [-0.4, -0.2) is 32.2 Å². The van der Waals surface area contributed by atoms with Gasteiger partial charge >= 0.3 is 0 Å². The number of carbonyl (C=O) groups excluding carboxylic acids is 1. The molecule has 140 valence electrons. The number of halogens is 1. The number of aromatic nitrogens is 4. The Labute approximate surface area is 158 Å². The third-order valence-corrected chi connectivity index (χ3v) is 4.80. The van der Waals surface area contributed by atoms with Crippen LogP contribution in [0.3, 0.4) is 0 Å². The van der Waals surface area contributed by atoms with E-state index in [4.69, 9.17) is 16.3 Å². The smallest absolute Gasteiger partial charge is 0.242 e. The highest BCUT2D eigenvalue weighted by Gasteiger charge is 2.16. The molecule has 1 aromatic heterocycles. The molecule has 1 saturated carbocycles. The van der Waals surface area contributed by atoms with Crippen molar-refractivity contribution in [3.05, 3.63) is 35.1 Å². The van der Waals surface area contributed by atoms with Crippen molar-refractivity contribution in [3.8, 4) is 5.75 Å². The van der Waals surface area contributed by atoms with Crippen LogP contribution >= 0.6 is 11.6 Å². The lowest BCUT2D eigenvalue weighted by Crippen LogP contribution is -2.38. The predicted molar refractivity (Wildman–Crippen MR) is 97.9 cm³/mol. The first kappa shape index (κ1) is 18.6. The number of nitrogens with zero attached hydrogens (tertiary/aromatic N) is 4. The molecular formula is C18H24ClN5O2. The zero-order chi connectivity index (χ0) is 18.2. The zero-order valence-corrected chi connectivity index (χ0v) is 15.5. The van der Waals surface area contributed by atoms with Crippen LogP contribution in [0.5, 0.6) is 5.75 Å². The maximum atomic E-state index is 12.4. The highest BCUT2D eigenvalue weighted by atomic mass is 35.5. The lowest BCUT2D eigenvalue weighted by Gasteiger charge is -2.21. The molecule has 1 N–H and O–H groups in total. The second-order valence-corrected chi connectivity index (χ2v) is 7.04. The molecule has 0 atom stereocenters. The van der Waals surface area contributed by atoms with E-state index in [1.54, 1.807) is 24.3 Å². The van der Waals surface area contributed by atoms with Gasteiger partial charge in [0.2, 0.25) is 5.91 Å². The molecule has 3 rings (SSSR count). The third kappa shape index (κ3) is 5.69. The van der Waals surface area contributed by atoms with E-state index in [0.29, 0.717) is 16.6 Å². The van der Waals surface area contributed by atoms with Crippen molar-refractivity contribution in [2.45, 2.75) is 64.1 Å². The van der Waals surface area contributed by atoms with Gasteiger partial charge in [-0.1, -0.05) is 43.7 Å². The Kier molecular flexibility index (Phi) is 6.82. The summed E-state index contributed by atoms with van der Waals surface area (Å²) in [5.74, 6) is 1.12. The minimum atomic E-state index is -0.0596. The average molecular weight is 378 g/mol. The third-order valence-electron chi connectivity index (χ3n) is 4.55. The monoisotopic (exact) mass is 377 g/mol. The van der Waals surface area contributed by atoms with Crippen LogP contribution in [0.2, 0.25) is 5.02 Å². The van der Waals surface area contributed by atoms with Crippen molar-refractivity contribution in [3.63, 3.8) is 0 Å². The van der Waals surface area contributed by atoms with Gasteiger partial charge in [-0.05, 0) is 47.5 Å². The minimum absolute atomic E-state index is 0.0596. The lowest BCUT2D eigenvalue weighted by molar-refractivity contribution is -0.122. The fourth-order valence-corrected chi connectivity index (χ4v) is 3.26. The summed E-state index contributed by atoms with van der Waals surface area (Å²) in [6.45, 7) is 0.286. The minimum Gasteiger partial charge on any atom is -0.486 e. The number of benzene rings is 1. The number of hydrogen-bond acceptors (Lipinski definition) is 5. The van der Waals surface area contributed by atoms with Gasteiger partial charge in [0.25, 0.3) is 0 Å². The number of ether oxygens (including phenoxy) is 1. The summed E-state index contributed by atoms with van der Waals surface area (Å²) in [5.41, 5.74) is 0. The molecule has 0 aliphatic heterocycles. The largest absolute Gasteiger partial charge is 0.486 e. The average Bonchev–Trinajstić information content (AvgIpc) is 3.03. The molecule has 7 nitrogen and oxygen atoms in total. The van der Waals surface area contributed by atoms with Crippen LogP contribution in [0.1, 0.15) is 50.8 Å². The molecule has 1 fully saturated rings. The van der Waals surface area contributed by atoms with Gasteiger partial charge in [-0.2, -0.15) is 0 Å². The molecule has 0 spiro atoms. The lowest BCUT2D eigenvalue weighted by atomic mass is 9.97. The molecule has 1 aliphatic rings. The van der Waals surface area contributed by atoms with E-state index in [1.165, 1.54) is 36.8 Å². The molecule has 0 bridgehead atoms. The number of nitrogens with one attached hydrogen (secondary N) is 1. The molecule has 2 aromatic rings. The summed E-state index contributed by atoms with van der Waals surface area (Å²) in [7, 11) is 0. The highest BCUT2D eigenvalue weighted by molar-refractivity contribution is 6.30. The molecular weight excluding hydrogens is 354 g/mol.